The number of hydrogen-bond acceptors (Lipinski definition) is 0. The van der Waals surface area contributed by atoms with E-state index in [1.807, 2.05) is 26.8 Å². The molecule has 0 N–H and O–H groups in total. The number of hydrogen-bond donors (Lipinski definition) is 0. The number of aryl methyl sites for hydroxylation is 2. The molecule has 0 atom stereocenters. The largest absolute Gasteiger partial charge is 0.103 e. The molecule has 1 rings (SSSR count). The van der Waals surface area contributed by atoms with Crippen LogP contribution >= 0.6 is 0 Å². The first-order valence-corrected chi connectivity index (χ1v) is 6.98. The molecule has 0 fully saturated rings. The smallest absolute Gasteiger partial charge is 0.0279 e. The highest BCUT2D eigenvalue weighted by atomic mass is 14.0. The Morgan fingerprint density at radius 1 is 1.11 bits per heavy atom. The summed E-state index contributed by atoms with van der Waals surface area (Å²) in [5.74, 6) is 0. The summed E-state index contributed by atoms with van der Waals surface area (Å²) < 4.78 is 0. The van der Waals surface area contributed by atoms with Crippen LogP contribution in [0.25, 0.3) is 0 Å². The van der Waals surface area contributed by atoms with Crippen LogP contribution in [0.3, 0.4) is 0 Å². The van der Waals surface area contributed by atoms with Crippen molar-refractivity contribution >= 4 is 0 Å². The highest BCUT2D eigenvalue weighted by Gasteiger charge is 1.92. The molecule has 0 bridgehead atoms. The molecule has 0 aliphatic carbocycles. The average molecular weight is 246 g/mol. The van der Waals surface area contributed by atoms with Gasteiger partial charge in [0, 0.05) is 0 Å². The van der Waals surface area contributed by atoms with Crippen molar-refractivity contribution < 1.29 is 0 Å². The number of benzene rings is 1. The van der Waals surface area contributed by atoms with Crippen LogP contribution in [0.4, 0.5) is 0 Å². The summed E-state index contributed by atoms with van der Waals surface area (Å²) in [6.45, 7) is 15.1. The van der Waals surface area contributed by atoms with E-state index in [9.17, 15) is 0 Å². The minimum atomic E-state index is 1.14. The van der Waals surface area contributed by atoms with Crippen molar-refractivity contribution in [2.24, 2.45) is 0 Å². The van der Waals surface area contributed by atoms with Crippen LogP contribution in [0.1, 0.15) is 51.2 Å². The predicted octanol–water partition coefficient (Wildman–Crippen LogP) is 6.11. The van der Waals surface area contributed by atoms with Crippen LogP contribution in [-0.4, -0.2) is 0 Å². The molecular weight excluding hydrogens is 216 g/mol. The van der Waals surface area contributed by atoms with Crippen LogP contribution in [0.2, 0.25) is 0 Å². The van der Waals surface area contributed by atoms with Gasteiger partial charge < -0.3 is 0 Å². The minimum absolute atomic E-state index is 1.14. The molecule has 0 amide bonds. The van der Waals surface area contributed by atoms with Gasteiger partial charge in [-0.1, -0.05) is 55.8 Å². The standard InChI is InChI=1S/C13H18.C3H6.C2H6/c1-3-4-5-6-9-13-10-7-8-12(2)11-13;1-3-2;1-2/h3,7-8,10-11H,1,4-6,9H2,2H3;3H,1H2,2H3;1-2H3. The third-order valence-electron chi connectivity index (χ3n) is 2.21. The zero-order chi connectivity index (χ0) is 14.2. The van der Waals surface area contributed by atoms with Crippen molar-refractivity contribution in [3.63, 3.8) is 0 Å². The lowest BCUT2D eigenvalue weighted by Crippen LogP contribution is -1.85. The monoisotopic (exact) mass is 246 g/mol. The summed E-state index contributed by atoms with van der Waals surface area (Å²) in [7, 11) is 0. The van der Waals surface area contributed by atoms with Crippen LogP contribution < -0.4 is 0 Å². The van der Waals surface area contributed by atoms with Gasteiger partial charge in [-0.3, -0.25) is 0 Å². The molecule has 0 aromatic heterocycles. The first-order valence-electron chi connectivity index (χ1n) is 6.98. The molecule has 0 aliphatic heterocycles. The van der Waals surface area contributed by atoms with E-state index in [4.69, 9.17) is 0 Å². The van der Waals surface area contributed by atoms with E-state index in [2.05, 4.69) is 44.3 Å². The van der Waals surface area contributed by atoms with E-state index < -0.39 is 0 Å². The molecule has 1 aromatic rings. The molecule has 1 aromatic carbocycles. The molecule has 0 aliphatic rings. The van der Waals surface area contributed by atoms with E-state index in [-0.39, 0.29) is 0 Å². The fraction of sp³-hybridized carbons (Fsp3) is 0.444. The van der Waals surface area contributed by atoms with Crippen molar-refractivity contribution in [2.75, 3.05) is 0 Å². The number of allylic oxidation sites excluding steroid dienone is 2. The molecule has 0 heterocycles. The third-order valence-corrected chi connectivity index (χ3v) is 2.21. The Bertz CT molecular complexity index is 297. The van der Waals surface area contributed by atoms with Gasteiger partial charge in [0.25, 0.3) is 0 Å². The van der Waals surface area contributed by atoms with E-state index in [0.717, 1.165) is 6.42 Å². The molecular formula is C18H30. The Hall–Kier alpha value is -1.30. The van der Waals surface area contributed by atoms with Gasteiger partial charge in [-0.15, -0.1) is 13.2 Å². The van der Waals surface area contributed by atoms with Crippen molar-refractivity contribution in [1.29, 1.82) is 0 Å². The van der Waals surface area contributed by atoms with Crippen LogP contribution in [0, 0.1) is 6.92 Å². The molecule has 0 radical (unpaired) electrons. The van der Waals surface area contributed by atoms with Gasteiger partial charge in [-0.2, -0.15) is 0 Å². The van der Waals surface area contributed by atoms with Gasteiger partial charge in [0.2, 0.25) is 0 Å². The summed E-state index contributed by atoms with van der Waals surface area (Å²) in [6.07, 6.45) is 8.63. The molecule has 0 spiro atoms. The first kappa shape index (κ1) is 19.0. The lowest BCUT2D eigenvalue weighted by Gasteiger charge is -2.01. The summed E-state index contributed by atoms with van der Waals surface area (Å²) in [5.41, 5.74) is 2.82. The zero-order valence-corrected chi connectivity index (χ0v) is 12.7. The van der Waals surface area contributed by atoms with Gasteiger partial charge in [0.1, 0.15) is 0 Å². The normalized spacial score (nSPS) is 8.22. The highest BCUT2D eigenvalue weighted by molar-refractivity contribution is 5.22. The summed E-state index contributed by atoms with van der Waals surface area (Å²) in [4.78, 5) is 0. The van der Waals surface area contributed by atoms with Crippen molar-refractivity contribution in [3.05, 3.63) is 60.7 Å². The Labute approximate surface area is 114 Å². The zero-order valence-electron chi connectivity index (χ0n) is 12.7. The van der Waals surface area contributed by atoms with E-state index in [1.54, 1.807) is 6.08 Å². The number of rotatable bonds is 5. The second-order valence-electron chi connectivity index (χ2n) is 3.93. The maximum atomic E-state index is 3.72. The third kappa shape index (κ3) is 12.8. The maximum Gasteiger partial charge on any atom is -0.0279 e. The SMILES string of the molecule is C=CC.C=CCCCCc1cccc(C)c1.CC. The molecule has 0 unspecified atom stereocenters. The summed E-state index contributed by atoms with van der Waals surface area (Å²) in [6, 6.07) is 8.76. The van der Waals surface area contributed by atoms with Gasteiger partial charge in [0.15, 0.2) is 0 Å². The minimum Gasteiger partial charge on any atom is -0.103 e. The summed E-state index contributed by atoms with van der Waals surface area (Å²) >= 11 is 0. The first-order chi connectivity index (χ1) is 8.74. The molecule has 0 saturated carbocycles. The van der Waals surface area contributed by atoms with Crippen LogP contribution in [0.15, 0.2) is 49.6 Å². The van der Waals surface area contributed by atoms with E-state index in [0.29, 0.717) is 0 Å². The molecule has 102 valence electrons. The Morgan fingerprint density at radius 3 is 2.22 bits per heavy atom. The summed E-state index contributed by atoms with van der Waals surface area (Å²) in [5, 5.41) is 0. The predicted molar refractivity (Wildman–Crippen MR) is 86.2 cm³/mol. The average Bonchev–Trinajstić information content (AvgIpc) is 2.38. The van der Waals surface area contributed by atoms with E-state index in [1.165, 1.54) is 30.4 Å². The quantitative estimate of drug-likeness (QED) is 0.434. The Balaban J connectivity index is 0. The Kier molecular flexibility index (Phi) is 16.6. The fourth-order valence-corrected chi connectivity index (χ4v) is 1.49. The van der Waals surface area contributed by atoms with Gasteiger partial charge in [-0.05, 0) is 45.1 Å². The van der Waals surface area contributed by atoms with Crippen molar-refractivity contribution in [2.45, 2.75) is 53.4 Å². The second-order valence-corrected chi connectivity index (χ2v) is 3.93. The highest BCUT2D eigenvalue weighted by Crippen LogP contribution is 2.08. The molecule has 18 heavy (non-hydrogen) atoms. The van der Waals surface area contributed by atoms with Gasteiger partial charge in [-0.25, -0.2) is 0 Å². The van der Waals surface area contributed by atoms with E-state index >= 15 is 0 Å². The maximum absolute atomic E-state index is 3.72. The van der Waals surface area contributed by atoms with Crippen LogP contribution in [0.5, 0.6) is 0 Å². The number of unbranched alkanes of at least 4 members (excludes halogenated alkanes) is 2. The topological polar surface area (TPSA) is 0 Å². The molecule has 0 heteroatoms. The van der Waals surface area contributed by atoms with Gasteiger partial charge >= 0.3 is 0 Å². The van der Waals surface area contributed by atoms with Crippen molar-refractivity contribution in [3.8, 4) is 0 Å². The Morgan fingerprint density at radius 2 is 1.72 bits per heavy atom. The lowest BCUT2D eigenvalue weighted by atomic mass is 10.1. The molecule has 0 nitrogen and oxygen atoms in total. The van der Waals surface area contributed by atoms with Crippen LogP contribution in [-0.2, 0) is 6.42 Å². The lowest BCUT2D eigenvalue weighted by molar-refractivity contribution is 0.748. The second kappa shape index (κ2) is 15.7. The van der Waals surface area contributed by atoms with Crippen molar-refractivity contribution in [1.82, 2.24) is 0 Å². The fourth-order valence-electron chi connectivity index (χ4n) is 1.49. The molecule has 0 saturated heterocycles. The van der Waals surface area contributed by atoms with Gasteiger partial charge in [0.05, 0.1) is 0 Å².